The van der Waals surface area contributed by atoms with Gasteiger partial charge in [-0.25, -0.2) is 0 Å². The highest BCUT2D eigenvalue weighted by Crippen LogP contribution is 2.31. The zero-order chi connectivity index (χ0) is 19.9. The van der Waals surface area contributed by atoms with Gasteiger partial charge in [-0.15, -0.1) is 0 Å². The first-order valence-electron chi connectivity index (χ1n) is 10.0. The number of hydrogen-bond acceptors (Lipinski definition) is 5. The first-order valence-corrected chi connectivity index (χ1v) is 10.0. The fourth-order valence-corrected chi connectivity index (χ4v) is 3.58. The van der Waals surface area contributed by atoms with Gasteiger partial charge in [-0.2, -0.15) is 0 Å². The van der Waals surface area contributed by atoms with Gasteiger partial charge in [0.2, 0.25) is 0 Å². The van der Waals surface area contributed by atoms with Crippen LogP contribution in [-0.4, -0.2) is 61.5 Å². The summed E-state index contributed by atoms with van der Waals surface area (Å²) in [6.07, 6.45) is 6.16. The molecule has 0 saturated carbocycles. The molecule has 0 spiro atoms. The molecule has 0 amide bonds. The average Bonchev–Trinajstić information content (AvgIpc) is 3.12. The summed E-state index contributed by atoms with van der Waals surface area (Å²) in [7, 11) is 1.68. The highest BCUT2D eigenvalue weighted by atomic mass is 16.5. The van der Waals surface area contributed by atoms with Crippen LogP contribution in [0.2, 0.25) is 0 Å². The van der Waals surface area contributed by atoms with E-state index in [1.165, 1.54) is 21.9 Å². The number of benzene rings is 1. The lowest BCUT2D eigenvalue weighted by molar-refractivity contribution is 0.172. The Hall–Kier alpha value is -2.31. The quantitative estimate of drug-likeness (QED) is 0.649. The largest absolute Gasteiger partial charge is 0.493 e. The summed E-state index contributed by atoms with van der Waals surface area (Å²) in [5.41, 5.74) is 4.66. The Bertz CT molecular complexity index is 904. The van der Waals surface area contributed by atoms with E-state index in [9.17, 15) is 0 Å². The van der Waals surface area contributed by atoms with Gasteiger partial charge in [0, 0.05) is 31.0 Å². The van der Waals surface area contributed by atoms with Crippen molar-refractivity contribution >= 4 is 6.08 Å². The molecular formula is C22H31N3O3. The van der Waals surface area contributed by atoms with Crippen molar-refractivity contribution in [2.45, 2.75) is 26.7 Å². The van der Waals surface area contributed by atoms with E-state index in [4.69, 9.17) is 14.6 Å². The van der Waals surface area contributed by atoms with Crippen LogP contribution < -0.4 is 20.2 Å². The number of nitrogens with zero attached hydrogens (tertiary/aromatic N) is 2. The Morgan fingerprint density at radius 2 is 2.07 bits per heavy atom. The second kappa shape index (κ2) is 9.75. The van der Waals surface area contributed by atoms with Gasteiger partial charge in [0.25, 0.3) is 0 Å². The summed E-state index contributed by atoms with van der Waals surface area (Å²) in [6.45, 7) is 8.11. The van der Waals surface area contributed by atoms with Crippen LogP contribution in [0.5, 0.6) is 11.5 Å². The molecule has 1 aliphatic heterocycles. The maximum atomic E-state index is 9.10. The van der Waals surface area contributed by atoms with Gasteiger partial charge in [-0.3, -0.25) is 9.89 Å². The molecule has 0 bridgehead atoms. The lowest BCUT2D eigenvalue weighted by Crippen LogP contribution is -2.31. The molecule has 2 heterocycles. The minimum absolute atomic E-state index is 0.165. The van der Waals surface area contributed by atoms with Crippen molar-refractivity contribution < 1.29 is 14.6 Å². The molecule has 2 aromatic rings. The molecule has 0 aliphatic carbocycles. The lowest BCUT2D eigenvalue weighted by Gasteiger charge is -2.20. The minimum Gasteiger partial charge on any atom is -0.493 e. The fraction of sp³-hybridized carbons (Fsp3) is 0.500. The van der Waals surface area contributed by atoms with E-state index in [1.807, 2.05) is 0 Å². The zero-order valence-corrected chi connectivity index (χ0v) is 17.1. The molecule has 3 rings (SSSR count). The molecule has 1 aliphatic rings. The van der Waals surface area contributed by atoms with E-state index >= 15 is 0 Å². The summed E-state index contributed by atoms with van der Waals surface area (Å²) in [5.74, 6) is 1.52. The number of likely N-dealkylation sites (N-methyl/N-ethyl adjacent to an activating group) is 1. The lowest BCUT2D eigenvalue weighted by atomic mass is 10.00. The third-order valence-electron chi connectivity index (χ3n) is 5.26. The number of aliphatic hydroxyl groups is 1. The molecule has 0 unspecified atom stereocenters. The average molecular weight is 386 g/mol. The number of hydrogen-bond donors (Lipinski definition) is 2. The van der Waals surface area contributed by atoms with Gasteiger partial charge < -0.3 is 19.6 Å². The van der Waals surface area contributed by atoms with Crippen LogP contribution in [0.4, 0.5) is 0 Å². The van der Waals surface area contributed by atoms with Crippen molar-refractivity contribution in [3.63, 3.8) is 0 Å². The predicted molar refractivity (Wildman–Crippen MR) is 111 cm³/mol. The number of aromatic nitrogens is 1. The molecule has 1 aromatic heterocycles. The SMILES string of the molecule is CCN(CCO)CCOc1cc(C)c(Cc2c[nH]c3c2=CCCN=3)cc1OC. The highest BCUT2D eigenvalue weighted by Gasteiger charge is 2.12. The van der Waals surface area contributed by atoms with Crippen LogP contribution in [0, 0.1) is 6.92 Å². The first-order chi connectivity index (χ1) is 13.7. The van der Waals surface area contributed by atoms with E-state index in [0.29, 0.717) is 13.2 Å². The summed E-state index contributed by atoms with van der Waals surface area (Å²) in [4.78, 5) is 9.98. The van der Waals surface area contributed by atoms with Gasteiger partial charge in [0.15, 0.2) is 11.5 Å². The van der Waals surface area contributed by atoms with E-state index in [1.54, 1.807) is 7.11 Å². The van der Waals surface area contributed by atoms with Gasteiger partial charge in [-0.1, -0.05) is 13.0 Å². The van der Waals surface area contributed by atoms with Crippen LogP contribution >= 0.6 is 0 Å². The number of aryl methyl sites for hydroxylation is 1. The fourth-order valence-electron chi connectivity index (χ4n) is 3.58. The van der Waals surface area contributed by atoms with E-state index < -0.39 is 0 Å². The van der Waals surface area contributed by atoms with Gasteiger partial charge in [-0.05, 0) is 55.1 Å². The Morgan fingerprint density at radius 1 is 1.21 bits per heavy atom. The molecule has 2 N–H and O–H groups in total. The number of fused-ring (bicyclic) bond motifs is 1. The topological polar surface area (TPSA) is 70.1 Å². The van der Waals surface area contributed by atoms with Crippen molar-refractivity contribution in [3.05, 3.63) is 45.7 Å². The Morgan fingerprint density at radius 3 is 2.82 bits per heavy atom. The van der Waals surface area contributed by atoms with Crippen LogP contribution in [-0.2, 0) is 6.42 Å². The molecule has 0 atom stereocenters. The number of H-pyrrole nitrogens is 1. The van der Waals surface area contributed by atoms with Crippen molar-refractivity contribution in [2.75, 3.05) is 46.5 Å². The van der Waals surface area contributed by atoms with Crippen LogP contribution in [0.3, 0.4) is 0 Å². The molecule has 1 aromatic carbocycles. The van der Waals surface area contributed by atoms with Crippen molar-refractivity contribution in [1.29, 1.82) is 0 Å². The smallest absolute Gasteiger partial charge is 0.161 e. The minimum atomic E-state index is 0.165. The molecule has 6 nitrogen and oxygen atoms in total. The third-order valence-corrected chi connectivity index (χ3v) is 5.26. The summed E-state index contributed by atoms with van der Waals surface area (Å²) in [5, 5.41) is 10.3. The van der Waals surface area contributed by atoms with E-state index in [-0.39, 0.29) is 6.61 Å². The monoisotopic (exact) mass is 385 g/mol. The third kappa shape index (κ3) is 4.75. The Kier molecular flexibility index (Phi) is 7.12. The van der Waals surface area contributed by atoms with Crippen LogP contribution in [0.1, 0.15) is 30.0 Å². The summed E-state index contributed by atoms with van der Waals surface area (Å²) < 4.78 is 11.6. The number of aromatic amines is 1. The number of rotatable bonds is 10. The molecular weight excluding hydrogens is 354 g/mol. The second-order valence-electron chi connectivity index (χ2n) is 7.06. The second-order valence-corrected chi connectivity index (χ2v) is 7.06. The molecule has 0 radical (unpaired) electrons. The number of aliphatic hydroxyl groups excluding tert-OH is 1. The maximum absolute atomic E-state index is 9.10. The zero-order valence-electron chi connectivity index (χ0n) is 17.1. The maximum Gasteiger partial charge on any atom is 0.161 e. The number of nitrogens with one attached hydrogen (secondary N) is 1. The first kappa shape index (κ1) is 20.4. The van der Waals surface area contributed by atoms with Crippen LogP contribution in [0.25, 0.3) is 6.08 Å². The Balaban J connectivity index is 1.74. The molecule has 0 saturated heterocycles. The summed E-state index contributed by atoms with van der Waals surface area (Å²) >= 11 is 0. The standard InChI is InChI=1S/C22H31N3O3/c1-4-25(8-10-26)9-11-28-21-12-16(2)17(14-20(21)27-3)13-18-15-24-22-19(18)6-5-7-23-22/h6,12,14-15,26H,4-5,7-11,13H2,1-3H3,(H,23,24). The highest BCUT2D eigenvalue weighted by molar-refractivity contribution is 5.48. The van der Waals surface area contributed by atoms with E-state index in [0.717, 1.165) is 49.5 Å². The van der Waals surface area contributed by atoms with Crippen molar-refractivity contribution in [3.8, 4) is 11.5 Å². The predicted octanol–water partition coefficient (Wildman–Crippen LogP) is 1.42. The normalized spacial score (nSPS) is 13.0. The summed E-state index contributed by atoms with van der Waals surface area (Å²) in [6, 6.07) is 4.14. The number of methoxy groups -OCH3 is 1. The molecule has 28 heavy (non-hydrogen) atoms. The van der Waals surface area contributed by atoms with Crippen molar-refractivity contribution in [2.24, 2.45) is 4.99 Å². The number of ether oxygens (including phenoxy) is 2. The molecule has 152 valence electrons. The van der Waals surface area contributed by atoms with E-state index in [2.05, 4.69) is 53.1 Å². The molecule has 0 fully saturated rings. The van der Waals surface area contributed by atoms with Crippen LogP contribution in [0.15, 0.2) is 23.3 Å². The van der Waals surface area contributed by atoms with Gasteiger partial charge in [0.1, 0.15) is 12.1 Å². The van der Waals surface area contributed by atoms with Crippen molar-refractivity contribution in [1.82, 2.24) is 9.88 Å². The molecule has 6 heteroatoms. The van der Waals surface area contributed by atoms with Gasteiger partial charge >= 0.3 is 0 Å². The van der Waals surface area contributed by atoms with Gasteiger partial charge in [0.05, 0.1) is 13.7 Å². The Labute approximate surface area is 166 Å².